The van der Waals surface area contributed by atoms with Crippen molar-refractivity contribution in [2.24, 2.45) is 0 Å². The van der Waals surface area contributed by atoms with Gasteiger partial charge in [-0.3, -0.25) is 0 Å². The lowest BCUT2D eigenvalue weighted by molar-refractivity contribution is 0.260. The molecule has 1 atom stereocenters. The van der Waals surface area contributed by atoms with E-state index < -0.39 is 0 Å². The molecule has 0 spiro atoms. The Morgan fingerprint density at radius 2 is 1.91 bits per heavy atom. The molecule has 0 unspecified atom stereocenters. The molecule has 1 fully saturated rings. The second-order valence-electron chi connectivity index (χ2n) is 6.46. The van der Waals surface area contributed by atoms with Crippen LogP contribution in [0.1, 0.15) is 24.0 Å². The minimum Gasteiger partial charge on any atom is -0.365 e. The maximum absolute atomic E-state index is 13.4. The Balaban J connectivity index is 1.77. The van der Waals surface area contributed by atoms with E-state index in [0.29, 0.717) is 6.04 Å². The van der Waals surface area contributed by atoms with Crippen LogP contribution in [0, 0.1) is 19.7 Å². The molecule has 1 aliphatic rings. The molecule has 1 N–H and O–H groups in total. The van der Waals surface area contributed by atoms with Gasteiger partial charge in [-0.2, -0.15) is 0 Å². The predicted molar refractivity (Wildman–Crippen MR) is 91.0 cm³/mol. The Hall–Kier alpha value is -2.01. The number of halogens is 1. The molecule has 0 aliphatic carbocycles. The summed E-state index contributed by atoms with van der Waals surface area (Å²) in [6, 6.07) is 7.40. The van der Waals surface area contributed by atoms with Crippen molar-refractivity contribution in [3.63, 3.8) is 0 Å². The number of benzene rings is 1. The van der Waals surface area contributed by atoms with Gasteiger partial charge in [-0.25, -0.2) is 4.39 Å². The average molecular weight is 314 g/mol. The van der Waals surface area contributed by atoms with Gasteiger partial charge in [0, 0.05) is 18.2 Å². The van der Waals surface area contributed by atoms with Gasteiger partial charge in [0.15, 0.2) is 0 Å². The van der Waals surface area contributed by atoms with Crippen LogP contribution in [-0.4, -0.2) is 41.3 Å². The van der Waals surface area contributed by atoms with Crippen molar-refractivity contribution >= 4 is 5.82 Å². The van der Waals surface area contributed by atoms with E-state index in [2.05, 4.69) is 27.5 Å². The topological polar surface area (TPSA) is 41.0 Å². The van der Waals surface area contributed by atoms with Gasteiger partial charge in [-0.15, -0.1) is 10.2 Å². The summed E-state index contributed by atoms with van der Waals surface area (Å²) in [6.07, 6.45) is 2.36. The van der Waals surface area contributed by atoms with Gasteiger partial charge in [0.25, 0.3) is 0 Å². The summed E-state index contributed by atoms with van der Waals surface area (Å²) < 4.78 is 13.4. The number of hydrogen-bond donors (Lipinski definition) is 1. The normalized spacial score (nSPS) is 18.9. The molecule has 4 nitrogen and oxygen atoms in total. The Bertz CT molecular complexity index is 661. The Kier molecular flexibility index (Phi) is 4.57. The fraction of sp³-hybridized carbons (Fsp3) is 0.444. The third-order valence-corrected chi connectivity index (χ3v) is 4.39. The van der Waals surface area contributed by atoms with E-state index in [9.17, 15) is 4.39 Å². The molecule has 0 bridgehead atoms. The van der Waals surface area contributed by atoms with Gasteiger partial charge in [0.2, 0.25) is 0 Å². The van der Waals surface area contributed by atoms with Crippen LogP contribution in [0.3, 0.4) is 0 Å². The van der Waals surface area contributed by atoms with Crippen LogP contribution in [0.4, 0.5) is 10.2 Å². The molecule has 23 heavy (non-hydrogen) atoms. The lowest BCUT2D eigenvalue weighted by Gasteiger charge is -2.30. The van der Waals surface area contributed by atoms with Crippen molar-refractivity contribution < 1.29 is 4.39 Å². The number of aryl methyl sites for hydroxylation is 2. The summed E-state index contributed by atoms with van der Waals surface area (Å²) in [5.41, 5.74) is 3.51. The van der Waals surface area contributed by atoms with Crippen LogP contribution < -0.4 is 5.32 Å². The summed E-state index contributed by atoms with van der Waals surface area (Å²) in [7, 11) is 2.14. The first kappa shape index (κ1) is 15.9. The lowest BCUT2D eigenvalue weighted by atomic mass is 9.99. The van der Waals surface area contributed by atoms with Gasteiger partial charge in [-0.1, -0.05) is 0 Å². The summed E-state index contributed by atoms with van der Waals surface area (Å²) in [6.45, 7) is 5.99. The first-order chi connectivity index (χ1) is 11.0. The molecule has 5 heteroatoms. The lowest BCUT2D eigenvalue weighted by Crippen LogP contribution is -2.39. The van der Waals surface area contributed by atoms with Crippen LogP contribution in [0.15, 0.2) is 24.3 Å². The Labute approximate surface area is 136 Å². The van der Waals surface area contributed by atoms with E-state index in [4.69, 9.17) is 0 Å². The molecule has 2 aromatic rings. The highest BCUT2D eigenvalue weighted by Crippen LogP contribution is 2.26. The number of nitrogens with one attached hydrogen (secondary N) is 1. The number of aromatic nitrogens is 2. The first-order valence-electron chi connectivity index (χ1n) is 8.09. The number of likely N-dealkylation sites (tertiary alicyclic amines) is 1. The van der Waals surface area contributed by atoms with Crippen molar-refractivity contribution in [2.75, 3.05) is 25.5 Å². The van der Waals surface area contributed by atoms with Crippen LogP contribution >= 0.6 is 0 Å². The molecule has 0 radical (unpaired) electrons. The number of anilines is 1. The van der Waals surface area contributed by atoms with Gasteiger partial charge in [0.05, 0.1) is 5.69 Å². The molecule has 1 aromatic heterocycles. The van der Waals surface area contributed by atoms with Crippen molar-refractivity contribution in [3.05, 3.63) is 41.2 Å². The molecule has 0 amide bonds. The van der Waals surface area contributed by atoms with Crippen LogP contribution in [0.2, 0.25) is 0 Å². The number of hydrogen-bond acceptors (Lipinski definition) is 4. The van der Waals surface area contributed by atoms with Gasteiger partial charge < -0.3 is 10.2 Å². The number of nitrogens with zero attached hydrogens (tertiary/aromatic N) is 3. The summed E-state index contributed by atoms with van der Waals surface area (Å²) in [5.74, 6) is 0.586. The minimum absolute atomic E-state index is 0.212. The Morgan fingerprint density at radius 1 is 1.17 bits per heavy atom. The number of rotatable bonds is 3. The molecule has 1 saturated heterocycles. The molecular formula is C18H23FN4. The second kappa shape index (κ2) is 6.62. The SMILES string of the molecule is Cc1cc(F)cc(C)c1-c1ccc(N[C@@H]2CCCN(C)C2)nn1. The third-order valence-electron chi connectivity index (χ3n) is 4.39. The second-order valence-corrected chi connectivity index (χ2v) is 6.46. The molecule has 2 heterocycles. The largest absolute Gasteiger partial charge is 0.365 e. The van der Waals surface area contributed by atoms with Gasteiger partial charge >= 0.3 is 0 Å². The highest BCUT2D eigenvalue weighted by molar-refractivity contribution is 5.67. The fourth-order valence-electron chi connectivity index (χ4n) is 3.35. The van der Waals surface area contributed by atoms with Crippen LogP contribution in [-0.2, 0) is 0 Å². The molecule has 3 rings (SSSR count). The Morgan fingerprint density at radius 3 is 2.52 bits per heavy atom. The zero-order chi connectivity index (χ0) is 16.4. The standard InChI is InChI=1S/C18H23FN4/c1-12-9-14(19)10-13(2)18(12)16-6-7-17(22-21-16)20-15-5-4-8-23(3)11-15/h6-7,9-10,15H,4-5,8,11H2,1-3H3,(H,20,22)/t15-/m1/s1. The number of likely N-dealkylation sites (N-methyl/N-ethyl adjacent to an activating group) is 1. The third kappa shape index (κ3) is 3.67. The van der Waals surface area contributed by atoms with Crippen molar-refractivity contribution in [1.29, 1.82) is 0 Å². The van der Waals surface area contributed by atoms with Crippen LogP contribution in [0.25, 0.3) is 11.3 Å². The summed E-state index contributed by atoms with van der Waals surface area (Å²) in [4.78, 5) is 2.33. The van der Waals surface area contributed by atoms with E-state index in [1.165, 1.54) is 18.6 Å². The fourth-order valence-corrected chi connectivity index (χ4v) is 3.35. The highest BCUT2D eigenvalue weighted by Gasteiger charge is 2.17. The molecule has 122 valence electrons. The minimum atomic E-state index is -0.212. The van der Waals surface area contributed by atoms with E-state index in [0.717, 1.165) is 47.7 Å². The zero-order valence-corrected chi connectivity index (χ0v) is 13.9. The first-order valence-corrected chi connectivity index (χ1v) is 8.09. The monoisotopic (exact) mass is 314 g/mol. The predicted octanol–water partition coefficient (Wildman–Crippen LogP) is 3.41. The van der Waals surface area contributed by atoms with Crippen molar-refractivity contribution in [1.82, 2.24) is 15.1 Å². The van der Waals surface area contributed by atoms with E-state index >= 15 is 0 Å². The quantitative estimate of drug-likeness (QED) is 0.942. The average Bonchev–Trinajstić information content (AvgIpc) is 2.48. The van der Waals surface area contributed by atoms with Gasteiger partial charge in [-0.05, 0) is 75.7 Å². The molecule has 1 aliphatic heterocycles. The number of piperidine rings is 1. The van der Waals surface area contributed by atoms with Crippen molar-refractivity contribution in [3.8, 4) is 11.3 Å². The maximum atomic E-state index is 13.4. The molecule has 0 saturated carbocycles. The van der Waals surface area contributed by atoms with Crippen LogP contribution in [0.5, 0.6) is 0 Å². The molecular weight excluding hydrogens is 291 g/mol. The molecule has 1 aromatic carbocycles. The zero-order valence-electron chi connectivity index (χ0n) is 13.9. The van der Waals surface area contributed by atoms with Crippen molar-refractivity contribution in [2.45, 2.75) is 32.7 Å². The van der Waals surface area contributed by atoms with E-state index in [1.54, 1.807) is 0 Å². The summed E-state index contributed by atoms with van der Waals surface area (Å²) >= 11 is 0. The van der Waals surface area contributed by atoms with E-state index in [1.807, 2.05) is 26.0 Å². The summed E-state index contributed by atoms with van der Waals surface area (Å²) in [5, 5.41) is 12.1. The highest BCUT2D eigenvalue weighted by atomic mass is 19.1. The van der Waals surface area contributed by atoms with Gasteiger partial charge in [0.1, 0.15) is 11.6 Å². The smallest absolute Gasteiger partial charge is 0.148 e. The maximum Gasteiger partial charge on any atom is 0.148 e. The van der Waals surface area contributed by atoms with E-state index in [-0.39, 0.29) is 5.82 Å².